The highest BCUT2D eigenvalue weighted by Crippen LogP contribution is 2.51. The van der Waals surface area contributed by atoms with Crippen LogP contribution < -0.4 is 0 Å². The summed E-state index contributed by atoms with van der Waals surface area (Å²) in [6.45, 7) is 0. The molecule has 0 nitrogen and oxygen atoms in total. The molecule has 0 saturated heterocycles. The third-order valence-corrected chi connectivity index (χ3v) is 18.4. The fourth-order valence-corrected chi connectivity index (χ4v) is 14.7. The van der Waals surface area contributed by atoms with E-state index < -0.39 is 0 Å². The highest BCUT2D eigenvalue weighted by atomic mass is 32.2. The molecule has 2 aromatic heterocycles. The molecule has 0 amide bonds. The van der Waals surface area contributed by atoms with Gasteiger partial charge in [-0.25, -0.2) is 0 Å². The van der Waals surface area contributed by atoms with Gasteiger partial charge in [0.1, 0.15) is 0 Å². The summed E-state index contributed by atoms with van der Waals surface area (Å²) in [5, 5.41) is 10.6. The molecule has 0 aliphatic carbocycles. The molecule has 344 valence electrons. The number of thioether (sulfide) groups is 1. The Bertz CT molecular complexity index is 4160. The van der Waals surface area contributed by atoms with Crippen molar-refractivity contribution in [1.29, 1.82) is 0 Å². The van der Waals surface area contributed by atoms with Crippen molar-refractivity contribution in [2.45, 2.75) is 11.7 Å². The maximum absolute atomic E-state index is 2.46. The van der Waals surface area contributed by atoms with Crippen molar-refractivity contribution in [3.63, 3.8) is 0 Å². The largest absolute Gasteiger partial charge is 0.135 e. The molecule has 3 heteroatoms. The van der Waals surface area contributed by atoms with Crippen molar-refractivity contribution >= 4 is 82.4 Å². The van der Waals surface area contributed by atoms with Gasteiger partial charge in [0.25, 0.3) is 0 Å². The second-order valence-corrected chi connectivity index (χ2v) is 22.3. The zero-order valence-electron chi connectivity index (χ0n) is 39.8. The first kappa shape index (κ1) is 43.7. The maximum Gasteiger partial charge on any atom is 0.0379 e. The van der Waals surface area contributed by atoms with E-state index in [1.807, 2.05) is 34.4 Å². The van der Waals surface area contributed by atoms with Crippen molar-refractivity contribution in [2.24, 2.45) is 0 Å². The molecule has 0 spiro atoms. The Balaban J connectivity index is 0.872. The van der Waals surface area contributed by atoms with E-state index >= 15 is 0 Å². The average Bonchev–Trinajstić information content (AvgIpc) is 4.29. The van der Waals surface area contributed by atoms with E-state index in [0.29, 0.717) is 5.25 Å². The molecule has 0 bridgehead atoms. The van der Waals surface area contributed by atoms with Crippen molar-refractivity contribution < 1.29 is 0 Å². The summed E-state index contributed by atoms with van der Waals surface area (Å²) >= 11 is 5.74. The van der Waals surface area contributed by atoms with E-state index in [-0.39, 0.29) is 0 Å². The molecule has 73 heavy (non-hydrogen) atoms. The number of allylic oxidation sites excluding steroid dienone is 1. The van der Waals surface area contributed by atoms with Gasteiger partial charge in [-0.1, -0.05) is 231 Å². The quantitative estimate of drug-likeness (QED) is 0.130. The smallest absolute Gasteiger partial charge is 0.0379 e. The van der Waals surface area contributed by atoms with Gasteiger partial charge in [-0.05, 0) is 135 Å². The number of hydrogen-bond donors (Lipinski definition) is 0. The van der Waals surface area contributed by atoms with Crippen LogP contribution >= 0.6 is 34.4 Å². The highest BCUT2D eigenvalue weighted by molar-refractivity contribution is 8.08. The van der Waals surface area contributed by atoms with Crippen LogP contribution in [0.25, 0.3) is 123 Å². The molecule has 11 aromatic carbocycles. The van der Waals surface area contributed by atoms with Crippen molar-refractivity contribution in [2.75, 3.05) is 0 Å². The van der Waals surface area contributed by atoms with Gasteiger partial charge in [-0.3, -0.25) is 0 Å². The van der Waals surface area contributed by atoms with Crippen molar-refractivity contribution in [1.82, 2.24) is 0 Å². The molecule has 1 aliphatic rings. The molecule has 14 rings (SSSR count). The minimum Gasteiger partial charge on any atom is -0.135 e. The van der Waals surface area contributed by atoms with Gasteiger partial charge in [0.2, 0.25) is 0 Å². The third kappa shape index (κ3) is 7.84. The molecule has 3 heterocycles. The second kappa shape index (κ2) is 18.5. The minimum atomic E-state index is 0.469. The number of benzene rings is 11. The van der Waals surface area contributed by atoms with Crippen LogP contribution in [0.3, 0.4) is 0 Å². The van der Waals surface area contributed by atoms with Crippen LogP contribution in [0.5, 0.6) is 0 Å². The molecular weight excluding hydrogens is 937 g/mol. The van der Waals surface area contributed by atoms with E-state index in [1.165, 1.54) is 134 Å². The highest BCUT2D eigenvalue weighted by Gasteiger charge is 2.23. The molecule has 13 aromatic rings. The molecule has 0 radical (unpaired) electrons. The zero-order chi connectivity index (χ0) is 48.2. The van der Waals surface area contributed by atoms with E-state index in [4.69, 9.17) is 0 Å². The standard InChI is InChI=1S/C70H46S3/c1-4-16-46(17-5-1)61-38-39-64(71-61)49-30-34-51(35-31-49)68-55-24-12-10-22-53(55)67(54-23-11-13-25-56(54)68)50-32-28-45(29-33-50)52-36-37-59-60(44-52)70(66-43-41-63(73-66)48-20-8-3-9-21-48)58-27-15-14-26-57(58)69(59)65-42-40-62(72-65)47-18-6-2-7-19-47/h1-37,39-44,61H,38H2. The summed E-state index contributed by atoms with van der Waals surface area (Å²) in [7, 11) is 0. The maximum atomic E-state index is 2.46. The molecule has 0 fully saturated rings. The SMILES string of the molecule is C1=C(c2ccc(-c3c4ccccc4c(-c4ccc(-c5ccc6c(-c7ccc(-c8ccccc8)s7)c7ccccc7c(-c7ccc(-c8ccccc8)s7)c6c5)cc4)c4ccccc34)cc2)SC(c2ccccc2)C1. The van der Waals surface area contributed by atoms with Crippen LogP contribution in [0.4, 0.5) is 0 Å². The van der Waals surface area contributed by atoms with Crippen LogP contribution in [-0.4, -0.2) is 0 Å². The van der Waals surface area contributed by atoms with Crippen LogP contribution in [0.1, 0.15) is 22.8 Å². The normalized spacial score (nSPS) is 13.6. The fourth-order valence-electron chi connectivity index (χ4n) is 11.3. The predicted molar refractivity (Wildman–Crippen MR) is 320 cm³/mol. The molecular formula is C70H46S3. The van der Waals surface area contributed by atoms with Gasteiger partial charge in [0.05, 0.1) is 0 Å². The first-order valence-electron chi connectivity index (χ1n) is 25.1. The summed E-state index contributed by atoms with van der Waals surface area (Å²) in [4.78, 5) is 6.47. The molecule has 1 aliphatic heterocycles. The van der Waals surface area contributed by atoms with Gasteiger partial charge in [0, 0.05) is 40.8 Å². The summed E-state index contributed by atoms with van der Waals surface area (Å²) in [6.07, 6.45) is 3.47. The Morgan fingerprint density at radius 2 is 0.630 bits per heavy atom. The first-order chi connectivity index (χ1) is 36.2. The summed E-state index contributed by atoms with van der Waals surface area (Å²) in [6, 6.07) is 94.5. The monoisotopic (exact) mass is 982 g/mol. The summed E-state index contributed by atoms with van der Waals surface area (Å²) in [5.74, 6) is 0. The van der Waals surface area contributed by atoms with Gasteiger partial charge in [-0.2, -0.15) is 0 Å². The van der Waals surface area contributed by atoms with E-state index in [1.54, 1.807) is 0 Å². The molecule has 1 unspecified atom stereocenters. The predicted octanol–water partition coefficient (Wildman–Crippen LogP) is 21.3. The van der Waals surface area contributed by atoms with Gasteiger partial charge in [-0.15, -0.1) is 34.4 Å². The van der Waals surface area contributed by atoms with Gasteiger partial charge < -0.3 is 0 Å². The average molecular weight is 983 g/mol. The lowest BCUT2D eigenvalue weighted by atomic mass is 9.85. The summed E-state index contributed by atoms with van der Waals surface area (Å²) in [5.41, 5.74) is 15.2. The number of hydrogen-bond acceptors (Lipinski definition) is 3. The molecule has 1 atom stereocenters. The first-order valence-corrected chi connectivity index (χ1v) is 27.6. The van der Waals surface area contributed by atoms with Crippen molar-refractivity contribution in [3.8, 4) is 75.1 Å². The van der Waals surface area contributed by atoms with Crippen molar-refractivity contribution in [3.05, 3.63) is 272 Å². The van der Waals surface area contributed by atoms with E-state index in [0.717, 1.165) is 6.42 Å². The summed E-state index contributed by atoms with van der Waals surface area (Å²) < 4.78 is 0. The Kier molecular flexibility index (Phi) is 11.1. The zero-order valence-corrected chi connectivity index (χ0v) is 42.3. The Hall–Kier alpha value is -8.05. The lowest BCUT2D eigenvalue weighted by Crippen LogP contribution is -1.91. The Morgan fingerprint density at radius 1 is 0.260 bits per heavy atom. The second-order valence-electron chi connectivity index (χ2n) is 18.9. The third-order valence-electron chi connectivity index (χ3n) is 14.7. The van der Waals surface area contributed by atoms with E-state index in [2.05, 4.69) is 261 Å². The lowest BCUT2D eigenvalue weighted by molar-refractivity contribution is 0.991. The van der Waals surface area contributed by atoms with E-state index in [9.17, 15) is 0 Å². The molecule has 0 saturated carbocycles. The van der Waals surface area contributed by atoms with Crippen LogP contribution in [0, 0.1) is 0 Å². The topological polar surface area (TPSA) is 0 Å². The van der Waals surface area contributed by atoms with Crippen LogP contribution in [-0.2, 0) is 0 Å². The van der Waals surface area contributed by atoms with Gasteiger partial charge >= 0.3 is 0 Å². The van der Waals surface area contributed by atoms with Gasteiger partial charge in [0.15, 0.2) is 0 Å². The minimum absolute atomic E-state index is 0.469. The fraction of sp³-hybridized carbons (Fsp3) is 0.0286. The number of thiophene rings is 2. The number of rotatable bonds is 9. The number of fused-ring (bicyclic) bond motifs is 4. The Morgan fingerprint density at radius 3 is 1.12 bits per heavy atom. The van der Waals surface area contributed by atoms with Crippen LogP contribution in [0.15, 0.2) is 261 Å². The molecule has 0 N–H and O–H groups in total. The van der Waals surface area contributed by atoms with Crippen LogP contribution in [0.2, 0.25) is 0 Å². The lowest BCUT2D eigenvalue weighted by Gasteiger charge is -2.18. The Labute approximate surface area is 438 Å².